The predicted molar refractivity (Wildman–Crippen MR) is 71.8 cm³/mol. The van der Waals surface area contributed by atoms with Gasteiger partial charge in [-0.2, -0.15) is 0 Å². The normalized spacial score (nSPS) is 19.5. The molecule has 0 aromatic heterocycles. The summed E-state index contributed by atoms with van der Waals surface area (Å²) in [5, 5.41) is 3.70. The van der Waals surface area contributed by atoms with Gasteiger partial charge in [0.2, 0.25) is 0 Å². The van der Waals surface area contributed by atoms with Gasteiger partial charge >= 0.3 is 0 Å². The minimum absolute atomic E-state index is 0.822. The molecule has 96 valence electrons. The van der Waals surface area contributed by atoms with Crippen molar-refractivity contribution in [2.45, 2.75) is 58.9 Å². The van der Waals surface area contributed by atoms with Crippen LogP contribution in [0.3, 0.4) is 0 Å². The number of hydrogen-bond donors (Lipinski definition) is 1. The van der Waals surface area contributed by atoms with E-state index in [1.807, 2.05) is 0 Å². The lowest BCUT2D eigenvalue weighted by Crippen LogP contribution is -2.37. The largest absolute Gasteiger partial charge is 0.313 e. The molecule has 0 aromatic rings. The van der Waals surface area contributed by atoms with Gasteiger partial charge in [-0.05, 0) is 25.3 Å². The Hall–Kier alpha value is -0.0800. The van der Waals surface area contributed by atoms with Crippen molar-refractivity contribution in [3.63, 3.8) is 0 Å². The smallest absolute Gasteiger partial charge is 0.0107 e. The van der Waals surface area contributed by atoms with Crippen molar-refractivity contribution in [2.75, 3.05) is 26.2 Å². The third-order valence-corrected chi connectivity index (χ3v) is 3.93. The maximum Gasteiger partial charge on any atom is 0.0107 e. The average Bonchev–Trinajstić information content (AvgIpc) is 2.80. The van der Waals surface area contributed by atoms with E-state index in [0.717, 1.165) is 12.0 Å². The van der Waals surface area contributed by atoms with Crippen molar-refractivity contribution < 1.29 is 0 Å². The lowest BCUT2D eigenvalue weighted by Gasteiger charge is -2.24. The van der Waals surface area contributed by atoms with Gasteiger partial charge in [0.1, 0.15) is 0 Å². The molecule has 0 saturated heterocycles. The second kappa shape index (κ2) is 8.08. The van der Waals surface area contributed by atoms with E-state index in [1.54, 1.807) is 0 Å². The summed E-state index contributed by atoms with van der Waals surface area (Å²) in [6.07, 6.45) is 6.96. The lowest BCUT2D eigenvalue weighted by molar-refractivity contribution is 0.242. The summed E-state index contributed by atoms with van der Waals surface area (Å²) in [5.41, 5.74) is 0. The fourth-order valence-corrected chi connectivity index (χ4v) is 2.51. The highest BCUT2D eigenvalue weighted by Crippen LogP contribution is 2.17. The summed E-state index contributed by atoms with van der Waals surface area (Å²) >= 11 is 0. The SMILES string of the molecule is CCC(C)CN(CC)CCNC1CCCC1. The quantitative estimate of drug-likeness (QED) is 0.684. The number of hydrogen-bond acceptors (Lipinski definition) is 2. The molecule has 1 unspecified atom stereocenters. The highest BCUT2D eigenvalue weighted by molar-refractivity contribution is 4.74. The summed E-state index contributed by atoms with van der Waals surface area (Å²) in [4.78, 5) is 2.58. The van der Waals surface area contributed by atoms with Crippen molar-refractivity contribution in [1.82, 2.24) is 10.2 Å². The standard InChI is InChI=1S/C14H30N2/c1-4-13(3)12-16(5-2)11-10-15-14-8-6-7-9-14/h13-15H,4-12H2,1-3H3. The van der Waals surface area contributed by atoms with E-state index in [4.69, 9.17) is 0 Å². The van der Waals surface area contributed by atoms with Crippen LogP contribution < -0.4 is 5.32 Å². The van der Waals surface area contributed by atoms with Crippen molar-refractivity contribution in [1.29, 1.82) is 0 Å². The molecule has 0 amide bonds. The lowest BCUT2D eigenvalue weighted by atomic mass is 10.1. The zero-order chi connectivity index (χ0) is 11.8. The fraction of sp³-hybridized carbons (Fsp3) is 1.00. The molecular formula is C14H30N2. The molecule has 1 saturated carbocycles. The van der Waals surface area contributed by atoms with Gasteiger partial charge in [0.05, 0.1) is 0 Å². The van der Waals surface area contributed by atoms with Crippen LogP contribution in [-0.4, -0.2) is 37.1 Å². The van der Waals surface area contributed by atoms with Crippen molar-refractivity contribution in [3.05, 3.63) is 0 Å². The van der Waals surface area contributed by atoms with Gasteiger partial charge in [-0.3, -0.25) is 0 Å². The molecule has 1 N–H and O–H groups in total. The topological polar surface area (TPSA) is 15.3 Å². The molecule has 2 nitrogen and oxygen atoms in total. The Bertz CT molecular complexity index is 164. The van der Waals surface area contributed by atoms with Crippen LogP contribution in [0, 0.1) is 5.92 Å². The molecular weight excluding hydrogens is 196 g/mol. The molecule has 0 spiro atoms. The fourth-order valence-electron chi connectivity index (χ4n) is 2.51. The van der Waals surface area contributed by atoms with Gasteiger partial charge in [-0.1, -0.05) is 40.0 Å². The minimum Gasteiger partial charge on any atom is -0.313 e. The molecule has 2 heteroatoms. The third kappa shape index (κ3) is 5.31. The van der Waals surface area contributed by atoms with E-state index in [2.05, 4.69) is 31.0 Å². The van der Waals surface area contributed by atoms with Crippen LogP contribution in [0.5, 0.6) is 0 Å². The molecule has 1 fully saturated rings. The molecule has 1 atom stereocenters. The van der Waals surface area contributed by atoms with Crippen LogP contribution in [0.25, 0.3) is 0 Å². The van der Waals surface area contributed by atoms with Gasteiger partial charge in [0.15, 0.2) is 0 Å². The first-order valence-electron chi connectivity index (χ1n) is 7.22. The molecule has 0 radical (unpaired) electrons. The Morgan fingerprint density at radius 2 is 1.94 bits per heavy atom. The van der Waals surface area contributed by atoms with Crippen molar-refractivity contribution >= 4 is 0 Å². The van der Waals surface area contributed by atoms with Crippen molar-refractivity contribution in [3.8, 4) is 0 Å². The molecule has 16 heavy (non-hydrogen) atoms. The Morgan fingerprint density at radius 1 is 1.25 bits per heavy atom. The molecule has 0 bridgehead atoms. The second-order valence-corrected chi connectivity index (χ2v) is 5.34. The number of rotatable bonds is 8. The maximum atomic E-state index is 3.70. The van der Waals surface area contributed by atoms with Crippen LogP contribution in [0.1, 0.15) is 52.9 Å². The van der Waals surface area contributed by atoms with Crippen LogP contribution in [-0.2, 0) is 0 Å². The average molecular weight is 226 g/mol. The highest BCUT2D eigenvalue weighted by atomic mass is 15.1. The summed E-state index contributed by atoms with van der Waals surface area (Å²) in [7, 11) is 0. The summed E-state index contributed by atoms with van der Waals surface area (Å²) in [5.74, 6) is 0.839. The van der Waals surface area contributed by atoms with Gasteiger partial charge in [0, 0.05) is 25.7 Å². The van der Waals surface area contributed by atoms with E-state index in [-0.39, 0.29) is 0 Å². The van der Waals surface area contributed by atoms with Crippen LogP contribution in [0.15, 0.2) is 0 Å². The molecule has 1 aliphatic carbocycles. The number of nitrogens with one attached hydrogen (secondary N) is 1. The maximum absolute atomic E-state index is 3.70. The number of likely N-dealkylation sites (N-methyl/N-ethyl adjacent to an activating group) is 1. The first-order valence-corrected chi connectivity index (χ1v) is 7.22. The van der Waals surface area contributed by atoms with Gasteiger partial charge in [0.25, 0.3) is 0 Å². The number of nitrogens with zero attached hydrogens (tertiary/aromatic N) is 1. The molecule has 0 heterocycles. The first kappa shape index (κ1) is 14.0. The zero-order valence-electron chi connectivity index (χ0n) is 11.5. The molecule has 0 aromatic carbocycles. The Morgan fingerprint density at radius 3 is 2.50 bits per heavy atom. The van der Waals surface area contributed by atoms with Crippen LogP contribution >= 0.6 is 0 Å². The second-order valence-electron chi connectivity index (χ2n) is 5.34. The predicted octanol–water partition coefficient (Wildman–Crippen LogP) is 2.89. The zero-order valence-corrected chi connectivity index (χ0v) is 11.5. The molecule has 1 aliphatic rings. The monoisotopic (exact) mass is 226 g/mol. The van der Waals surface area contributed by atoms with E-state index < -0.39 is 0 Å². The summed E-state index contributed by atoms with van der Waals surface area (Å²) < 4.78 is 0. The Labute approximate surface area is 102 Å². The van der Waals surface area contributed by atoms with E-state index in [0.29, 0.717) is 0 Å². The third-order valence-electron chi connectivity index (χ3n) is 3.93. The summed E-state index contributed by atoms with van der Waals surface area (Å²) in [6, 6.07) is 0.822. The highest BCUT2D eigenvalue weighted by Gasteiger charge is 2.14. The Kier molecular flexibility index (Phi) is 7.06. The first-order chi connectivity index (χ1) is 7.76. The minimum atomic E-state index is 0.822. The van der Waals surface area contributed by atoms with E-state index in [9.17, 15) is 0 Å². The van der Waals surface area contributed by atoms with Gasteiger partial charge in [-0.25, -0.2) is 0 Å². The van der Waals surface area contributed by atoms with Crippen molar-refractivity contribution in [2.24, 2.45) is 5.92 Å². The Balaban J connectivity index is 2.08. The van der Waals surface area contributed by atoms with Gasteiger partial charge < -0.3 is 10.2 Å². The molecule has 0 aliphatic heterocycles. The molecule has 1 rings (SSSR count). The van der Waals surface area contributed by atoms with Crippen LogP contribution in [0.2, 0.25) is 0 Å². The van der Waals surface area contributed by atoms with E-state index >= 15 is 0 Å². The van der Waals surface area contributed by atoms with E-state index in [1.165, 1.54) is 58.3 Å². The summed E-state index contributed by atoms with van der Waals surface area (Å²) in [6.45, 7) is 11.8. The van der Waals surface area contributed by atoms with Crippen LogP contribution in [0.4, 0.5) is 0 Å². The van der Waals surface area contributed by atoms with Gasteiger partial charge in [-0.15, -0.1) is 0 Å².